The van der Waals surface area contributed by atoms with Gasteiger partial charge in [-0.15, -0.1) is 0 Å². The molecule has 3 rings (SSSR count). The van der Waals surface area contributed by atoms with Crippen molar-refractivity contribution in [1.29, 1.82) is 0 Å². The number of anilines is 1. The molecular weight excluding hydrogens is 308 g/mol. The van der Waals surface area contributed by atoms with Crippen molar-refractivity contribution >= 4 is 28.6 Å². The van der Waals surface area contributed by atoms with Gasteiger partial charge in [0.05, 0.1) is 12.1 Å². The predicted molar refractivity (Wildman–Crippen MR) is 91.0 cm³/mol. The number of nitrogens with zero attached hydrogens (tertiary/aromatic N) is 3. The first-order valence-corrected chi connectivity index (χ1v) is 7.93. The largest absolute Gasteiger partial charge is 0.480 e. The standard InChI is InChI=1S/C17H20N4O3/c22-16(18-11-17(23)24)12-20-7-9-21(10-8-20)15-6-5-13-3-1-2-4-14(13)19-15/h1-6H,7-12H2,(H,18,22)(H,23,24). The van der Waals surface area contributed by atoms with Crippen LogP contribution in [-0.4, -0.2) is 66.1 Å². The molecule has 126 valence electrons. The summed E-state index contributed by atoms with van der Waals surface area (Å²) in [6.07, 6.45) is 0. The summed E-state index contributed by atoms with van der Waals surface area (Å²) in [5.74, 6) is -0.339. The summed E-state index contributed by atoms with van der Waals surface area (Å²) in [5.41, 5.74) is 0.977. The first-order valence-electron chi connectivity index (χ1n) is 7.93. The summed E-state index contributed by atoms with van der Waals surface area (Å²) in [6, 6.07) is 12.1. The normalized spacial score (nSPS) is 15.4. The van der Waals surface area contributed by atoms with Crippen LogP contribution in [0.4, 0.5) is 5.82 Å². The maximum Gasteiger partial charge on any atom is 0.322 e. The molecule has 0 bridgehead atoms. The molecule has 1 aliphatic rings. The lowest BCUT2D eigenvalue weighted by Crippen LogP contribution is -2.50. The third kappa shape index (κ3) is 3.99. The minimum absolute atomic E-state index is 0.228. The molecule has 2 N–H and O–H groups in total. The van der Waals surface area contributed by atoms with Gasteiger partial charge < -0.3 is 15.3 Å². The fourth-order valence-electron chi connectivity index (χ4n) is 2.80. The molecule has 7 heteroatoms. The number of hydrogen-bond donors (Lipinski definition) is 2. The average molecular weight is 328 g/mol. The molecule has 1 aromatic carbocycles. The van der Waals surface area contributed by atoms with Gasteiger partial charge in [0.2, 0.25) is 5.91 Å². The van der Waals surface area contributed by atoms with Crippen molar-refractivity contribution in [1.82, 2.24) is 15.2 Å². The van der Waals surface area contributed by atoms with E-state index in [1.54, 1.807) is 0 Å². The summed E-state index contributed by atoms with van der Waals surface area (Å²) in [7, 11) is 0. The molecule has 1 fully saturated rings. The number of carboxylic acid groups (broad SMARTS) is 1. The average Bonchev–Trinajstić information content (AvgIpc) is 2.60. The van der Waals surface area contributed by atoms with E-state index >= 15 is 0 Å². The van der Waals surface area contributed by atoms with E-state index in [1.165, 1.54) is 0 Å². The van der Waals surface area contributed by atoms with Gasteiger partial charge in [0, 0.05) is 31.6 Å². The van der Waals surface area contributed by atoms with E-state index in [0.717, 1.165) is 42.9 Å². The van der Waals surface area contributed by atoms with Crippen molar-refractivity contribution < 1.29 is 14.7 Å². The van der Waals surface area contributed by atoms with Gasteiger partial charge in [-0.05, 0) is 18.2 Å². The second-order valence-electron chi connectivity index (χ2n) is 5.80. The Labute approximate surface area is 139 Å². The third-order valence-electron chi connectivity index (χ3n) is 4.08. The molecular formula is C17H20N4O3. The summed E-state index contributed by atoms with van der Waals surface area (Å²) >= 11 is 0. The Morgan fingerprint density at radius 2 is 1.83 bits per heavy atom. The highest BCUT2D eigenvalue weighted by atomic mass is 16.4. The number of rotatable bonds is 5. The van der Waals surface area contributed by atoms with Crippen molar-refractivity contribution in [2.45, 2.75) is 0 Å². The molecule has 0 spiro atoms. The number of aromatic nitrogens is 1. The number of carboxylic acids is 1. The quantitative estimate of drug-likeness (QED) is 0.834. The van der Waals surface area contributed by atoms with Gasteiger partial charge in [-0.1, -0.05) is 18.2 Å². The lowest BCUT2D eigenvalue weighted by molar-refractivity contribution is -0.138. The van der Waals surface area contributed by atoms with E-state index in [1.807, 2.05) is 35.2 Å². The van der Waals surface area contributed by atoms with E-state index in [0.29, 0.717) is 0 Å². The van der Waals surface area contributed by atoms with E-state index in [-0.39, 0.29) is 19.0 Å². The predicted octanol–water partition coefficient (Wildman–Crippen LogP) is 0.558. The number of fused-ring (bicyclic) bond motifs is 1. The van der Waals surface area contributed by atoms with Crippen LogP contribution in [0.15, 0.2) is 36.4 Å². The Kier molecular flexibility index (Phi) is 4.90. The Hall–Kier alpha value is -2.67. The molecule has 0 saturated carbocycles. The number of nitrogens with one attached hydrogen (secondary N) is 1. The van der Waals surface area contributed by atoms with E-state index in [9.17, 15) is 9.59 Å². The molecule has 7 nitrogen and oxygen atoms in total. The lowest BCUT2D eigenvalue weighted by Gasteiger charge is -2.35. The van der Waals surface area contributed by atoms with Crippen LogP contribution in [0.3, 0.4) is 0 Å². The van der Waals surface area contributed by atoms with Gasteiger partial charge in [-0.2, -0.15) is 0 Å². The zero-order valence-corrected chi connectivity index (χ0v) is 13.3. The fourth-order valence-corrected chi connectivity index (χ4v) is 2.80. The van der Waals surface area contributed by atoms with Crippen molar-refractivity contribution in [3.63, 3.8) is 0 Å². The number of aliphatic carboxylic acids is 1. The Balaban J connectivity index is 1.54. The molecule has 0 aliphatic carbocycles. The number of hydrogen-bond acceptors (Lipinski definition) is 5. The smallest absolute Gasteiger partial charge is 0.322 e. The Morgan fingerprint density at radius 1 is 1.08 bits per heavy atom. The highest BCUT2D eigenvalue weighted by Crippen LogP contribution is 2.19. The summed E-state index contributed by atoms with van der Waals surface area (Å²) in [5, 5.41) is 12.1. The van der Waals surface area contributed by atoms with Crippen LogP contribution in [0.1, 0.15) is 0 Å². The number of carbonyl (C=O) groups excluding carboxylic acids is 1. The van der Waals surface area contributed by atoms with Gasteiger partial charge in [0.25, 0.3) is 0 Å². The highest BCUT2D eigenvalue weighted by molar-refractivity contribution is 5.82. The molecule has 1 amide bonds. The fraction of sp³-hybridized carbons (Fsp3) is 0.353. The SMILES string of the molecule is O=C(O)CNC(=O)CN1CCN(c2ccc3ccccc3n2)CC1. The van der Waals surface area contributed by atoms with Crippen molar-refractivity contribution in [2.24, 2.45) is 0 Å². The maximum absolute atomic E-state index is 11.7. The molecule has 0 radical (unpaired) electrons. The molecule has 2 heterocycles. The minimum atomic E-state index is -1.03. The van der Waals surface area contributed by atoms with Crippen molar-refractivity contribution in [2.75, 3.05) is 44.2 Å². The molecule has 2 aromatic rings. The summed E-state index contributed by atoms with van der Waals surface area (Å²) in [4.78, 5) is 31.0. The van der Waals surface area contributed by atoms with Crippen molar-refractivity contribution in [3.05, 3.63) is 36.4 Å². The summed E-state index contributed by atoms with van der Waals surface area (Å²) in [6.45, 7) is 2.96. The van der Waals surface area contributed by atoms with Crippen LogP contribution in [0.25, 0.3) is 10.9 Å². The topological polar surface area (TPSA) is 85.8 Å². The molecule has 24 heavy (non-hydrogen) atoms. The molecule has 1 saturated heterocycles. The van der Waals surface area contributed by atoms with Crippen LogP contribution in [-0.2, 0) is 9.59 Å². The van der Waals surface area contributed by atoms with Crippen LogP contribution in [0, 0.1) is 0 Å². The third-order valence-corrected chi connectivity index (χ3v) is 4.08. The minimum Gasteiger partial charge on any atom is -0.480 e. The van der Waals surface area contributed by atoms with E-state index in [4.69, 9.17) is 10.1 Å². The Bertz CT molecular complexity index is 741. The van der Waals surface area contributed by atoms with Crippen molar-refractivity contribution in [3.8, 4) is 0 Å². The maximum atomic E-state index is 11.7. The number of benzene rings is 1. The first kappa shape index (κ1) is 16.2. The van der Waals surface area contributed by atoms with Crippen LogP contribution >= 0.6 is 0 Å². The van der Waals surface area contributed by atoms with Gasteiger partial charge >= 0.3 is 5.97 Å². The monoisotopic (exact) mass is 328 g/mol. The number of para-hydroxylation sites is 1. The van der Waals surface area contributed by atoms with E-state index < -0.39 is 5.97 Å². The van der Waals surface area contributed by atoms with Gasteiger partial charge in [-0.25, -0.2) is 4.98 Å². The molecule has 1 aromatic heterocycles. The second-order valence-corrected chi connectivity index (χ2v) is 5.80. The summed E-state index contributed by atoms with van der Waals surface area (Å²) < 4.78 is 0. The van der Waals surface area contributed by atoms with Gasteiger partial charge in [-0.3, -0.25) is 14.5 Å². The number of amides is 1. The zero-order valence-electron chi connectivity index (χ0n) is 13.3. The molecule has 0 atom stereocenters. The number of pyridine rings is 1. The number of carbonyl (C=O) groups is 2. The van der Waals surface area contributed by atoms with Gasteiger partial charge in [0.1, 0.15) is 12.4 Å². The first-order chi connectivity index (χ1) is 11.6. The van der Waals surface area contributed by atoms with Crippen LogP contribution in [0.2, 0.25) is 0 Å². The molecule has 0 unspecified atom stereocenters. The van der Waals surface area contributed by atoms with E-state index in [2.05, 4.69) is 16.3 Å². The van der Waals surface area contributed by atoms with Crippen LogP contribution in [0.5, 0.6) is 0 Å². The second kappa shape index (κ2) is 7.27. The molecule has 1 aliphatic heterocycles. The highest BCUT2D eigenvalue weighted by Gasteiger charge is 2.20. The zero-order chi connectivity index (χ0) is 16.9. The number of piperazine rings is 1. The lowest BCUT2D eigenvalue weighted by atomic mass is 10.2. The van der Waals surface area contributed by atoms with Gasteiger partial charge in [0.15, 0.2) is 0 Å². The van der Waals surface area contributed by atoms with Crippen LogP contribution < -0.4 is 10.2 Å². The Morgan fingerprint density at radius 3 is 2.58 bits per heavy atom.